The van der Waals surface area contributed by atoms with E-state index in [1.165, 1.54) is 0 Å². The standard InChI is InChI=1S/C12H20ClNO2/c1-4-12(2,3)10(15)11(16)14-7-5-6-9(14)8-13/h9H,4-8H2,1-3H3/t9-/m0/s1. The van der Waals surface area contributed by atoms with Crippen LogP contribution in [0.5, 0.6) is 0 Å². The van der Waals surface area contributed by atoms with Crippen LogP contribution < -0.4 is 0 Å². The van der Waals surface area contributed by atoms with Gasteiger partial charge in [-0.1, -0.05) is 20.8 Å². The molecule has 0 aromatic rings. The number of rotatable bonds is 4. The van der Waals surface area contributed by atoms with Gasteiger partial charge in [0.05, 0.1) is 0 Å². The van der Waals surface area contributed by atoms with Gasteiger partial charge in [0.25, 0.3) is 5.91 Å². The second-order valence-corrected chi connectivity index (χ2v) is 5.32. The molecule has 0 aromatic heterocycles. The lowest BCUT2D eigenvalue weighted by Gasteiger charge is -2.27. The highest BCUT2D eigenvalue weighted by Gasteiger charge is 2.38. The largest absolute Gasteiger partial charge is 0.332 e. The molecule has 0 N–H and O–H groups in total. The molecule has 0 bridgehead atoms. The van der Waals surface area contributed by atoms with Crippen LogP contribution in [-0.4, -0.2) is 35.1 Å². The second-order valence-electron chi connectivity index (χ2n) is 5.02. The maximum Gasteiger partial charge on any atom is 0.290 e. The van der Waals surface area contributed by atoms with Gasteiger partial charge >= 0.3 is 0 Å². The fourth-order valence-electron chi connectivity index (χ4n) is 1.84. The van der Waals surface area contributed by atoms with Gasteiger partial charge < -0.3 is 4.90 Å². The van der Waals surface area contributed by atoms with Crippen molar-refractivity contribution in [3.8, 4) is 0 Å². The molecule has 1 heterocycles. The summed E-state index contributed by atoms with van der Waals surface area (Å²) in [4.78, 5) is 25.7. The van der Waals surface area contributed by atoms with E-state index in [1.54, 1.807) is 4.90 Å². The zero-order valence-electron chi connectivity index (χ0n) is 10.3. The van der Waals surface area contributed by atoms with E-state index in [2.05, 4.69) is 0 Å². The summed E-state index contributed by atoms with van der Waals surface area (Å²) in [5.74, 6) is -0.215. The molecule has 1 rings (SSSR count). The molecule has 0 spiro atoms. The molecule has 0 aliphatic carbocycles. The first kappa shape index (κ1) is 13.5. The van der Waals surface area contributed by atoms with E-state index in [0.717, 1.165) is 12.8 Å². The van der Waals surface area contributed by atoms with Crippen LogP contribution in [0.3, 0.4) is 0 Å². The highest BCUT2D eigenvalue weighted by atomic mass is 35.5. The van der Waals surface area contributed by atoms with Crippen molar-refractivity contribution in [2.75, 3.05) is 12.4 Å². The quantitative estimate of drug-likeness (QED) is 0.563. The van der Waals surface area contributed by atoms with Gasteiger partial charge in [-0.2, -0.15) is 0 Å². The van der Waals surface area contributed by atoms with Crippen LogP contribution in [0, 0.1) is 5.41 Å². The molecule has 3 nitrogen and oxygen atoms in total. The lowest BCUT2D eigenvalue weighted by molar-refractivity contribution is -0.149. The topological polar surface area (TPSA) is 37.4 Å². The van der Waals surface area contributed by atoms with Crippen molar-refractivity contribution in [1.82, 2.24) is 4.90 Å². The average molecular weight is 246 g/mol. The van der Waals surface area contributed by atoms with Crippen molar-refractivity contribution in [3.05, 3.63) is 0 Å². The van der Waals surface area contributed by atoms with Crippen LogP contribution in [0.25, 0.3) is 0 Å². The number of likely N-dealkylation sites (tertiary alicyclic amines) is 1. The summed E-state index contributed by atoms with van der Waals surface area (Å²) in [7, 11) is 0. The fraction of sp³-hybridized carbons (Fsp3) is 0.833. The molecule has 0 aromatic carbocycles. The summed E-state index contributed by atoms with van der Waals surface area (Å²) in [5, 5.41) is 0. The maximum absolute atomic E-state index is 12.0. The third-order valence-corrected chi connectivity index (χ3v) is 3.87. The molecule has 1 aliphatic heterocycles. The number of ketones is 1. The van der Waals surface area contributed by atoms with Gasteiger partial charge in [-0.25, -0.2) is 0 Å². The Balaban J connectivity index is 2.74. The Labute approximate surface area is 102 Å². The zero-order chi connectivity index (χ0) is 12.3. The van der Waals surface area contributed by atoms with E-state index >= 15 is 0 Å². The number of carbonyl (C=O) groups excluding carboxylic acids is 2. The van der Waals surface area contributed by atoms with E-state index in [1.807, 2.05) is 20.8 Å². The Hall–Kier alpha value is -0.570. The molecule has 1 amide bonds. The first-order chi connectivity index (χ1) is 7.44. The van der Waals surface area contributed by atoms with E-state index < -0.39 is 5.41 Å². The van der Waals surface area contributed by atoms with Crippen LogP contribution in [0.15, 0.2) is 0 Å². The number of alkyl halides is 1. The monoisotopic (exact) mass is 245 g/mol. The molecule has 92 valence electrons. The third kappa shape index (κ3) is 2.57. The molecule has 16 heavy (non-hydrogen) atoms. The normalized spacial score (nSPS) is 21.2. The van der Waals surface area contributed by atoms with Crippen molar-refractivity contribution < 1.29 is 9.59 Å². The molecule has 1 fully saturated rings. The molecule has 1 aliphatic rings. The number of halogens is 1. The summed E-state index contributed by atoms with van der Waals surface area (Å²) in [5.41, 5.74) is -0.559. The average Bonchev–Trinajstić information content (AvgIpc) is 2.74. The zero-order valence-corrected chi connectivity index (χ0v) is 11.0. The molecule has 4 heteroatoms. The molecule has 0 radical (unpaired) electrons. The van der Waals surface area contributed by atoms with Gasteiger partial charge in [-0.3, -0.25) is 9.59 Å². The van der Waals surface area contributed by atoms with Gasteiger partial charge in [0.1, 0.15) is 0 Å². The Morgan fingerprint density at radius 1 is 1.44 bits per heavy atom. The first-order valence-electron chi connectivity index (χ1n) is 5.85. The Morgan fingerprint density at radius 3 is 2.56 bits per heavy atom. The molecule has 1 saturated heterocycles. The highest BCUT2D eigenvalue weighted by molar-refractivity contribution is 6.38. The van der Waals surface area contributed by atoms with Crippen molar-refractivity contribution in [2.45, 2.75) is 46.1 Å². The minimum Gasteiger partial charge on any atom is -0.332 e. The summed E-state index contributed by atoms with van der Waals surface area (Å²) < 4.78 is 0. The van der Waals surface area contributed by atoms with Gasteiger partial charge in [0.2, 0.25) is 5.78 Å². The van der Waals surface area contributed by atoms with Gasteiger partial charge in [0, 0.05) is 23.9 Å². The minimum absolute atomic E-state index is 0.0470. The van der Waals surface area contributed by atoms with Gasteiger partial charge in [0.15, 0.2) is 0 Å². The van der Waals surface area contributed by atoms with Crippen molar-refractivity contribution in [3.63, 3.8) is 0 Å². The summed E-state index contributed by atoms with van der Waals surface area (Å²) in [6.45, 7) is 6.23. The van der Waals surface area contributed by atoms with Crippen LogP contribution in [0.1, 0.15) is 40.0 Å². The summed E-state index contributed by atoms with van der Waals surface area (Å²) >= 11 is 5.79. The van der Waals surface area contributed by atoms with Crippen molar-refractivity contribution >= 4 is 23.3 Å². The van der Waals surface area contributed by atoms with Crippen LogP contribution in [-0.2, 0) is 9.59 Å². The molecule has 1 atom stereocenters. The minimum atomic E-state index is -0.559. The predicted molar refractivity (Wildman–Crippen MR) is 64.5 cm³/mol. The number of nitrogens with zero attached hydrogens (tertiary/aromatic N) is 1. The summed E-state index contributed by atoms with van der Waals surface area (Å²) in [6, 6.07) is 0.0470. The summed E-state index contributed by atoms with van der Waals surface area (Å²) in [6.07, 6.45) is 2.54. The number of hydrogen-bond acceptors (Lipinski definition) is 2. The number of amides is 1. The SMILES string of the molecule is CCC(C)(C)C(=O)C(=O)N1CCC[C@H]1CCl. The molecule has 0 saturated carbocycles. The Bertz CT molecular complexity index is 289. The predicted octanol–water partition coefficient (Wildman–Crippen LogP) is 2.22. The van der Waals surface area contributed by atoms with Crippen LogP contribution in [0.4, 0.5) is 0 Å². The van der Waals surface area contributed by atoms with Gasteiger partial charge in [-0.15, -0.1) is 11.6 Å². The lowest BCUT2D eigenvalue weighted by atomic mass is 9.84. The number of Topliss-reactive ketones (excluding diaryl/α,β-unsaturated/α-hetero) is 1. The number of hydrogen-bond donors (Lipinski definition) is 0. The second kappa shape index (κ2) is 5.17. The lowest BCUT2D eigenvalue weighted by Crippen LogP contribution is -2.45. The van der Waals surface area contributed by atoms with E-state index in [0.29, 0.717) is 18.8 Å². The van der Waals surface area contributed by atoms with Gasteiger partial charge in [-0.05, 0) is 19.3 Å². The molecular weight excluding hydrogens is 226 g/mol. The van der Waals surface area contributed by atoms with E-state index in [4.69, 9.17) is 11.6 Å². The van der Waals surface area contributed by atoms with Crippen molar-refractivity contribution in [2.24, 2.45) is 5.41 Å². The Kier molecular flexibility index (Phi) is 4.36. The van der Waals surface area contributed by atoms with E-state index in [-0.39, 0.29) is 17.7 Å². The number of carbonyl (C=O) groups is 2. The van der Waals surface area contributed by atoms with E-state index in [9.17, 15) is 9.59 Å². The fourth-order valence-corrected chi connectivity index (χ4v) is 2.16. The third-order valence-electron chi connectivity index (χ3n) is 3.51. The van der Waals surface area contributed by atoms with Crippen molar-refractivity contribution in [1.29, 1.82) is 0 Å². The van der Waals surface area contributed by atoms with Crippen LogP contribution in [0.2, 0.25) is 0 Å². The van der Waals surface area contributed by atoms with Crippen LogP contribution >= 0.6 is 11.6 Å². The smallest absolute Gasteiger partial charge is 0.290 e. The highest BCUT2D eigenvalue weighted by Crippen LogP contribution is 2.25. The molecular formula is C12H20ClNO2. The maximum atomic E-state index is 12.0. The Morgan fingerprint density at radius 2 is 2.06 bits per heavy atom. The molecule has 0 unspecified atom stereocenters. The first-order valence-corrected chi connectivity index (χ1v) is 6.39.